The summed E-state index contributed by atoms with van der Waals surface area (Å²) in [6.07, 6.45) is 3.82. The third-order valence-corrected chi connectivity index (χ3v) is 7.12. The van der Waals surface area contributed by atoms with Gasteiger partial charge in [-0.2, -0.15) is 0 Å². The summed E-state index contributed by atoms with van der Waals surface area (Å²) in [6, 6.07) is 26.7. The van der Waals surface area contributed by atoms with E-state index in [1.54, 1.807) is 6.33 Å². The molecule has 0 N–H and O–H groups in total. The first-order valence-electron chi connectivity index (χ1n) is 12.7. The fourth-order valence-corrected chi connectivity index (χ4v) is 5.02. The fourth-order valence-electron chi connectivity index (χ4n) is 5.02. The van der Waals surface area contributed by atoms with Crippen LogP contribution in [0.5, 0.6) is 0 Å². The summed E-state index contributed by atoms with van der Waals surface area (Å²) in [4.78, 5) is 26.8. The predicted octanol–water partition coefficient (Wildman–Crippen LogP) is 5.67. The van der Waals surface area contributed by atoms with Crippen molar-refractivity contribution < 1.29 is 4.79 Å². The number of piperazine rings is 1. The van der Waals surface area contributed by atoms with E-state index in [1.165, 1.54) is 5.56 Å². The van der Waals surface area contributed by atoms with E-state index in [0.717, 1.165) is 44.8 Å². The summed E-state index contributed by atoms with van der Waals surface area (Å²) < 4.78 is 2.15. The Labute approximate surface area is 216 Å². The van der Waals surface area contributed by atoms with Crippen LogP contribution < -0.4 is 4.90 Å². The topological polar surface area (TPSA) is 54.3 Å². The molecule has 3 aromatic carbocycles. The van der Waals surface area contributed by atoms with Gasteiger partial charge in [0.25, 0.3) is 5.91 Å². The van der Waals surface area contributed by atoms with E-state index in [2.05, 4.69) is 71.1 Å². The Morgan fingerprint density at radius 3 is 2.08 bits per heavy atom. The van der Waals surface area contributed by atoms with Gasteiger partial charge >= 0.3 is 0 Å². The SMILES string of the molecule is Cc1ccc(C(=O)N2CCN(c3ncnc4c3c(-c3ccccc3)cn4-c3ccc(C)cc3)CC2)cc1. The molecule has 6 heteroatoms. The van der Waals surface area contributed by atoms with Crippen LogP contribution in [0.15, 0.2) is 91.4 Å². The van der Waals surface area contributed by atoms with Gasteiger partial charge in [-0.25, -0.2) is 9.97 Å². The molecule has 0 aliphatic carbocycles. The largest absolute Gasteiger partial charge is 0.352 e. The highest BCUT2D eigenvalue weighted by atomic mass is 16.2. The number of benzene rings is 3. The van der Waals surface area contributed by atoms with Gasteiger partial charge in [0.05, 0.1) is 5.39 Å². The number of nitrogens with zero attached hydrogens (tertiary/aromatic N) is 5. The molecule has 0 atom stereocenters. The van der Waals surface area contributed by atoms with Crippen molar-refractivity contribution in [1.82, 2.24) is 19.4 Å². The number of carbonyl (C=O) groups excluding carboxylic acids is 1. The molecule has 6 rings (SSSR count). The lowest BCUT2D eigenvalue weighted by molar-refractivity contribution is 0.0746. The summed E-state index contributed by atoms with van der Waals surface area (Å²) in [5.41, 5.74) is 7.29. The number of hydrogen-bond acceptors (Lipinski definition) is 4. The molecule has 184 valence electrons. The van der Waals surface area contributed by atoms with E-state index < -0.39 is 0 Å². The van der Waals surface area contributed by atoms with Crippen molar-refractivity contribution >= 4 is 22.8 Å². The number of rotatable bonds is 4. The predicted molar refractivity (Wildman–Crippen MR) is 148 cm³/mol. The van der Waals surface area contributed by atoms with Crippen molar-refractivity contribution in [2.24, 2.45) is 0 Å². The second-order valence-corrected chi connectivity index (χ2v) is 9.66. The summed E-state index contributed by atoms with van der Waals surface area (Å²) in [5.74, 6) is 1.00. The van der Waals surface area contributed by atoms with Crippen LogP contribution in [-0.2, 0) is 0 Å². The first kappa shape index (κ1) is 23.0. The second-order valence-electron chi connectivity index (χ2n) is 9.66. The highest BCUT2D eigenvalue weighted by molar-refractivity contribution is 6.02. The van der Waals surface area contributed by atoms with Gasteiger partial charge in [0.15, 0.2) is 5.65 Å². The van der Waals surface area contributed by atoms with E-state index in [-0.39, 0.29) is 5.91 Å². The zero-order chi connectivity index (χ0) is 25.4. The van der Waals surface area contributed by atoms with Gasteiger partial charge in [-0.15, -0.1) is 0 Å². The van der Waals surface area contributed by atoms with Gasteiger partial charge in [0, 0.05) is 49.2 Å². The Bertz CT molecular complexity index is 1550. The molecule has 1 aliphatic rings. The fraction of sp³-hybridized carbons (Fsp3) is 0.194. The molecule has 0 bridgehead atoms. The number of aryl methyl sites for hydroxylation is 2. The van der Waals surface area contributed by atoms with E-state index in [9.17, 15) is 4.79 Å². The maximum absolute atomic E-state index is 13.1. The van der Waals surface area contributed by atoms with Crippen molar-refractivity contribution in [3.63, 3.8) is 0 Å². The van der Waals surface area contributed by atoms with Crippen LogP contribution in [0.25, 0.3) is 27.8 Å². The number of carbonyl (C=O) groups is 1. The molecule has 6 nitrogen and oxygen atoms in total. The summed E-state index contributed by atoms with van der Waals surface area (Å²) in [5, 5.41) is 1.03. The molecule has 0 saturated carbocycles. The number of fused-ring (bicyclic) bond motifs is 1. The molecule has 1 aliphatic heterocycles. The lowest BCUT2D eigenvalue weighted by Crippen LogP contribution is -2.49. The van der Waals surface area contributed by atoms with Crippen molar-refractivity contribution in [1.29, 1.82) is 0 Å². The van der Waals surface area contributed by atoms with E-state index in [1.807, 2.05) is 42.2 Å². The Balaban J connectivity index is 1.36. The zero-order valence-corrected chi connectivity index (χ0v) is 21.1. The van der Waals surface area contributed by atoms with Gasteiger partial charge in [0.2, 0.25) is 0 Å². The minimum Gasteiger partial charge on any atom is -0.352 e. The van der Waals surface area contributed by atoms with Crippen LogP contribution in [0.1, 0.15) is 21.5 Å². The molecule has 2 aromatic heterocycles. The maximum atomic E-state index is 13.1. The number of hydrogen-bond donors (Lipinski definition) is 0. The maximum Gasteiger partial charge on any atom is 0.253 e. The van der Waals surface area contributed by atoms with E-state index in [4.69, 9.17) is 9.97 Å². The third kappa shape index (κ3) is 4.35. The van der Waals surface area contributed by atoms with Crippen LogP contribution in [0, 0.1) is 13.8 Å². The first-order valence-corrected chi connectivity index (χ1v) is 12.7. The minimum atomic E-state index is 0.0861. The van der Waals surface area contributed by atoms with E-state index >= 15 is 0 Å². The van der Waals surface area contributed by atoms with Gasteiger partial charge in [-0.3, -0.25) is 4.79 Å². The standard InChI is InChI=1S/C31H29N5O/c1-22-8-12-25(13-9-22)31(37)35-18-16-34(17-19-35)29-28-27(24-6-4-3-5-7-24)20-36(30(28)33-21-32-29)26-14-10-23(2)11-15-26/h3-15,20-21H,16-19H2,1-2H3. The van der Waals surface area contributed by atoms with Crippen molar-refractivity contribution in [3.8, 4) is 16.8 Å². The van der Waals surface area contributed by atoms with Crippen LogP contribution in [0.3, 0.4) is 0 Å². The average Bonchev–Trinajstić information content (AvgIpc) is 3.34. The van der Waals surface area contributed by atoms with Crippen molar-refractivity contribution in [3.05, 3.63) is 108 Å². The average molecular weight is 488 g/mol. The summed E-state index contributed by atoms with van der Waals surface area (Å²) in [6.45, 7) is 6.86. The molecule has 1 saturated heterocycles. The van der Waals surface area contributed by atoms with Crippen LogP contribution in [0.2, 0.25) is 0 Å². The van der Waals surface area contributed by atoms with Gasteiger partial charge in [-0.1, -0.05) is 65.7 Å². The molecule has 0 radical (unpaired) electrons. The lowest BCUT2D eigenvalue weighted by Gasteiger charge is -2.35. The highest BCUT2D eigenvalue weighted by Crippen LogP contribution is 2.37. The Hall–Kier alpha value is -4.45. The van der Waals surface area contributed by atoms with Crippen LogP contribution in [0.4, 0.5) is 5.82 Å². The number of amides is 1. The zero-order valence-electron chi connectivity index (χ0n) is 21.1. The van der Waals surface area contributed by atoms with Gasteiger partial charge < -0.3 is 14.4 Å². The molecule has 0 spiro atoms. The van der Waals surface area contributed by atoms with Crippen molar-refractivity contribution in [2.75, 3.05) is 31.1 Å². The molecular weight excluding hydrogens is 458 g/mol. The smallest absolute Gasteiger partial charge is 0.253 e. The quantitative estimate of drug-likeness (QED) is 0.328. The van der Waals surface area contributed by atoms with Gasteiger partial charge in [0.1, 0.15) is 12.1 Å². The molecule has 0 unspecified atom stereocenters. The van der Waals surface area contributed by atoms with E-state index in [0.29, 0.717) is 26.2 Å². The second kappa shape index (κ2) is 9.54. The molecule has 3 heterocycles. The Kier molecular flexibility index (Phi) is 5.93. The Morgan fingerprint density at radius 1 is 0.757 bits per heavy atom. The molecule has 5 aromatic rings. The highest BCUT2D eigenvalue weighted by Gasteiger charge is 2.26. The Morgan fingerprint density at radius 2 is 1.41 bits per heavy atom. The van der Waals surface area contributed by atoms with Crippen LogP contribution in [-0.4, -0.2) is 51.5 Å². The molecule has 1 amide bonds. The first-order chi connectivity index (χ1) is 18.1. The number of anilines is 1. The molecule has 37 heavy (non-hydrogen) atoms. The van der Waals surface area contributed by atoms with Crippen LogP contribution >= 0.6 is 0 Å². The third-order valence-electron chi connectivity index (χ3n) is 7.12. The van der Waals surface area contributed by atoms with Gasteiger partial charge in [-0.05, 0) is 43.7 Å². The number of aromatic nitrogens is 3. The van der Waals surface area contributed by atoms with Crippen molar-refractivity contribution in [2.45, 2.75) is 13.8 Å². The summed E-state index contributed by atoms with van der Waals surface area (Å²) in [7, 11) is 0. The summed E-state index contributed by atoms with van der Waals surface area (Å²) >= 11 is 0. The lowest BCUT2D eigenvalue weighted by atomic mass is 10.1. The molecular formula is C31H29N5O. The molecule has 1 fully saturated rings. The minimum absolute atomic E-state index is 0.0861. The monoisotopic (exact) mass is 487 g/mol. The normalized spacial score (nSPS) is 13.8.